The Hall–Kier alpha value is -2.31. The van der Waals surface area contributed by atoms with Crippen LogP contribution in [0.15, 0.2) is 60.3 Å². The van der Waals surface area contributed by atoms with Crippen LogP contribution in [0.25, 0.3) is 0 Å². The zero-order chi connectivity index (χ0) is 46.0. The summed E-state index contributed by atoms with van der Waals surface area (Å²) in [5, 5.41) is 54.6. The Labute approximate surface area is 379 Å². The molecule has 0 aromatic rings. The molecule has 360 valence electrons. The molecule has 14 heteroatoms. The molecule has 0 amide bonds. The summed E-state index contributed by atoms with van der Waals surface area (Å²) in [6.07, 6.45) is 12.4. The zero-order valence-corrected chi connectivity index (χ0v) is 38.7. The minimum atomic E-state index is -1.86. The first-order valence-corrected chi connectivity index (χ1v) is 24.0. The molecule has 0 radical (unpaired) electrons. The van der Waals surface area contributed by atoms with Crippen LogP contribution in [-0.2, 0) is 42.7 Å². The van der Waals surface area contributed by atoms with Crippen molar-refractivity contribution in [1.29, 1.82) is 0 Å². The van der Waals surface area contributed by atoms with Crippen molar-refractivity contribution in [2.24, 2.45) is 17.8 Å². The lowest BCUT2D eigenvalue weighted by atomic mass is 9.79. The van der Waals surface area contributed by atoms with Crippen LogP contribution in [0.1, 0.15) is 125 Å². The van der Waals surface area contributed by atoms with Crippen LogP contribution in [0.5, 0.6) is 0 Å². The van der Waals surface area contributed by atoms with Gasteiger partial charge in [-0.25, -0.2) is 4.79 Å². The highest BCUT2D eigenvalue weighted by Crippen LogP contribution is 2.47. The molecule has 64 heavy (non-hydrogen) atoms. The van der Waals surface area contributed by atoms with Gasteiger partial charge < -0.3 is 63.4 Å². The van der Waals surface area contributed by atoms with Gasteiger partial charge in [0.15, 0.2) is 17.2 Å². The molecule has 7 heterocycles. The molecule has 0 aromatic heterocycles. The Morgan fingerprint density at radius 2 is 1.78 bits per heavy atom. The molecule has 0 bridgehead atoms. The molecule has 0 aromatic carbocycles. The smallest absolute Gasteiger partial charge is 0.338 e. The van der Waals surface area contributed by atoms with Crippen LogP contribution in [0.3, 0.4) is 0 Å². The van der Waals surface area contributed by atoms with Crippen LogP contribution < -0.4 is 0 Å². The predicted molar refractivity (Wildman–Crippen MR) is 236 cm³/mol. The first-order valence-electron chi connectivity index (χ1n) is 24.0. The lowest BCUT2D eigenvalue weighted by molar-refractivity contribution is -0.321. The maximum Gasteiger partial charge on any atom is 0.338 e. The molecule has 7 aliphatic rings. The van der Waals surface area contributed by atoms with Gasteiger partial charge in [0, 0.05) is 38.0 Å². The van der Waals surface area contributed by atoms with Gasteiger partial charge in [0.25, 0.3) is 0 Å². The second-order valence-electron chi connectivity index (χ2n) is 20.4. The van der Waals surface area contributed by atoms with Crippen molar-refractivity contribution in [1.82, 2.24) is 0 Å². The average Bonchev–Trinajstić information content (AvgIpc) is 3.66. The molecule has 7 rings (SSSR count). The van der Waals surface area contributed by atoms with E-state index in [0.717, 1.165) is 50.7 Å². The highest BCUT2D eigenvalue weighted by molar-refractivity contribution is 5.79. The molecule has 5 N–H and O–H groups in total. The molecule has 3 spiro atoms. The number of esters is 1. The SMILES string of the molecule is C=C(/C=C/CO)COC(=O)[C@](C)(O)C[C@@H]1CC[C@@H](O)[C@]2(C=C(C)C[C@@H]([C@H](C)/C=C/C3CC[C@@]4(CCC5O[C@H]([C@@H](O)C[C@H](C)C6O[C@@]7(CCCCO7)CC[C@H]6C)C(=C)[C@@H](O)C5O4)O3)O2)O1. The summed E-state index contributed by atoms with van der Waals surface area (Å²) in [5.41, 5.74) is 0.0125. The molecule has 0 saturated carbocycles. The van der Waals surface area contributed by atoms with Gasteiger partial charge in [0.2, 0.25) is 5.79 Å². The molecule has 17 atom stereocenters. The van der Waals surface area contributed by atoms with E-state index in [9.17, 15) is 25.2 Å². The van der Waals surface area contributed by atoms with E-state index >= 15 is 0 Å². The van der Waals surface area contributed by atoms with Gasteiger partial charge >= 0.3 is 5.97 Å². The summed E-state index contributed by atoms with van der Waals surface area (Å²) in [6, 6.07) is 0. The van der Waals surface area contributed by atoms with E-state index in [1.165, 1.54) is 13.0 Å². The second kappa shape index (κ2) is 20.5. The molecule has 4 unspecified atom stereocenters. The van der Waals surface area contributed by atoms with Crippen molar-refractivity contribution in [2.75, 3.05) is 19.8 Å². The number of rotatable bonds is 14. The standard InChI is InChI=1S/C50H76O14/c1-30(11-10-23-51)29-57-46(55)47(7,56)28-37-14-15-41(53)50(61-37)27-31(2)25-40(62-50)32(3)12-13-36-17-21-49(60-36)22-18-39-45(64-49)42(54)35(6)44(59-39)38(52)26-34(5)43-33(4)16-20-48(63-43)19-8-9-24-58-48/h10-13,27,32-34,36-45,51-54,56H,1,6,8-9,14-26,28-29H2,2-5,7H3/b11-10+,13-12+/t32-,33-,34+,36?,37+,38+,39?,40+,41-,42-,43?,44+,45?,47-,48+,49-,50-/m1/s1. The summed E-state index contributed by atoms with van der Waals surface area (Å²) in [7, 11) is 0. The Kier molecular flexibility index (Phi) is 15.9. The fourth-order valence-corrected chi connectivity index (χ4v) is 11.1. The predicted octanol–water partition coefficient (Wildman–Crippen LogP) is 5.78. The Morgan fingerprint density at radius 3 is 2.53 bits per heavy atom. The van der Waals surface area contributed by atoms with E-state index in [4.69, 9.17) is 43.0 Å². The van der Waals surface area contributed by atoms with E-state index < -0.39 is 71.7 Å². The highest BCUT2D eigenvalue weighted by Gasteiger charge is 2.55. The Bertz CT molecular complexity index is 1740. The number of hydrogen-bond acceptors (Lipinski definition) is 14. The molecule has 14 nitrogen and oxygen atoms in total. The van der Waals surface area contributed by atoms with Gasteiger partial charge in [0.05, 0.1) is 49.8 Å². The van der Waals surface area contributed by atoms with Gasteiger partial charge in [-0.2, -0.15) is 0 Å². The largest absolute Gasteiger partial charge is 0.459 e. The Morgan fingerprint density at radius 1 is 1.02 bits per heavy atom. The van der Waals surface area contributed by atoms with E-state index in [-0.39, 0.29) is 49.8 Å². The number of hydrogen-bond donors (Lipinski definition) is 5. The lowest BCUT2D eigenvalue weighted by Crippen LogP contribution is -2.60. The third-order valence-electron chi connectivity index (χ3n) is 14.8. The summed E-state index contributed by atoms with van der Waals surface area (Å²) in [4.78, 5) is 12.9. The van der Waals surface area contributed by atoms with Crippen LogP contribution in [-0.4, -0.2) is 135 Å². The minimum Gasteiger partial charge on any atom is -0.459 e. The fourth-order valence-electron chi connectivity index (χ4n) is 11.1. The van der Waals surface area contributed by atoms with Gasteiger partial charge in [-0.3, -0.25) is 0 Å². The first kappa shape index (κ1) is 49.6. The fraction of sp³-hybridized carbons (Fsp3) is 0.780. The summed E-state index contributed by atoms with van der Waals surface area (Å²) in [5.74, 6) is -3.38. The van der Waals surface area contributed by atoms with Crippen LogP contribution in [0, 0.1) is 17.8 Å². The van der Waals surface area contributed by atoms with Gasteiger partial charge in [-0.05, 0) is 101 Å². The maximum atomic E-state index is 12.9. The quantitative estimate of drug-likeness (QED) is 0.0801. The summed E-state index contributed by atoms with van der Waals surface area (Å²) >= 11 is 0. The molecule has 7 aliphatic heterocycles. The van der Waals surface area contributed by atoms with Crippen molar-refractivity contribution in [3.8, 4) is 0 Å². The lowest BCUT2D eigenvalue weighted by Gasteiger charge is -2.50. The number of carbonyl (C=O) groups excluding carboxylic acids is 1. The van der Waals surface area contributed by atoms with Crippen molar-refractivity contribution < 1.29 is 68.2 Å². The van der Waals surface area contributed by atoms with E-state index in [1.807, 2.05) is 26.0 Å². The minimum absolute atomic E-state index is 0.0442. The van der Waals surface area contributed by atoms with Crippen molar-refractivity contribution in [3.63, 3.8) is 0 Å². The van der Waals surface area contributed by atoms with Gasteiger partial charge in [-0.15, -0.1) is 0 Å². The van der Waals surface area contributed by atoms with E-state index in [2.05, 4.69) is 33.1 Å². The number of carbonyl (C=O) groups is 1. The third kappa shape index (κ3) is 11.2. The van der Waals surface area contributed by atoms with Crippen LogP contribution in [0.2, 0.25) is 0 Å². The molecule has 0 aliphatic carbocycles. The topological polar surface area (TPSA) is 192 Å². The Balaban J connectivity index is 0.903. The third-order valence-corrected chi connectivity index (χ3v) is 14.8. The van der Waals surface area contributed by atoms with Crippen molar-refractivity contribution >= 4 is 5.97 Å². The van der Waals surface area contributed by atoms with Crippen molar-refractivity contribution in [3.05, 3.63) is 60.3 Å². The number of aliphatic hydroxyl groups is 5. The number of ether oxygens (including phenoxy) is 8. The normalized spacial score (nSPS) is 41.8. The summed E-state index contributed by atoms with van der Waals surface area (Å²) in [6.45, 7) is 18.2. The molecular formula is C50H76O14. The van der Waals surface area contributed by atoms with Crippen LogP contribution in [0.4, 0.5) is 0 Å². The number of fused-ring (bicyclic) bond motifs is 1. The van der Waals surface area contributed by atoms with Gasteiger partial charge in [0.1, 0.15) is 31.0 Å². The van der Waals surface area contributed by atoms with E-state index in [1.54, 1.807) is 6.08 Å². The van der Waals surface area contributed by atoms with E-state index in [0.29, 0.717) is 62.0 Å². The molecule has 6 saturated heterocycles. The summed E-state index contributed by atoms with van der Waals surface area (Å²) < 4.78 is 50.9. The monoisotopic (exact) mass is 901 g/mol. The molecular weight excluding hydrogens is 825 g/mol. The highest BCUT2D eigenvalue weighted by atomic mass is 16.7. The van der Waals surface area contributed by atoms with Gasteiger partial charge in [-0.1, -0.05) is 63.8 Å². The van der Waals surface area contributed by atoms with Crippen molar-refractivity contribution in [2.45, 2.75) is 209 Å². The maximum absolute atomic E-state index is 12.9. The first-order chi connectivity index (χ1) is 30.4. The average molecular weight is 901 g/mol. The second-order valence-corrected chi connectivity index (χ2v) is 20.4. The molecule has 6 fully saturated rings. The number of aliphatic hydroxyl groups excluding tert-OH is 4. The zero-order valence-electron chi connectivity index (χ0n) is 38.7. The van der Waals surface area contributed by atoms with Crippen LogP contribution >= 0.6 is 0 Å².